The lowest BCUT2D eigenvalue weighted by Gasteiger charge is -2.13. The molecule has 0 amide bonds. The normalized spacial score (nSPS) is 10.9. The molecule has 21 heavy (non-hydrogen) atoms. The van der Waals surface area contributed by atoms with Gasteiger partial charge in [-0.05, 0) is 24.7 Å². The maximum absolute atomic E-state index is 5.87. The van der Waals surface area contributed by atoms with E-state index in [1.165, 1.54) is 0 Å². The average Bonchev–Trinajstić information content (AvgIpc) is 2.47. The van der Waals surface area contributed by atoms with E-state index in [2.05, 4.69) is 45.1 Å². The molecule has 5 heteroatoms. The molecule has 0 bridgehead atoms. The highest BCUT2D eigenvalue weighted by Crippen LogP contribution is 2.20. The van der Waals surface area contributed by atoms with Gasteiger partial charge in [0.2, 0.25) is 0 Å². The Morgan fingerprint density at radius 1 is 1.24 bits per heavy atom. The second-order valence-electron chi connectivity index (χ2n) is 5.14. The first-order chi connectivity index (χ1) is 10.1. The first-order valence-corrected chi connectivity index (χ1v) is 7.77. The van der Waals surface area contributed by atoms with Crippen molar-refractivity contribution in [2.75, 3.05) is 7.05 Å². The van der Waals surface area contributed by atoms with E-state index in [9.17, 15) is 0 Å². The Morgan fingerprint density at radius 2 is 1.95 bits per heavy atom. The summed E-state index contributed by atoms with van der Waals surface area (Å²) in [6.07, 6.45) is 1.77. The zero-order valence-corrected chi connectivity index (χ0v) is 14.1. The van der Waals surface area contributed by atoms with Gasteiger partial charge < -0.3 is 10.1 Å². The van der Waals surface area contributed by atoms with Crippen molar-refractivity contribution in [3.8, 4) is 5.75 Å². The maximum atomic E-state index is 5.87. The number of ether oxygens (including phenoxy) is 1. The first kappa shape index (κ1) is 15.9. The number of halogens is 1. The highest BCUT2D eigenvalue weighted by atomic mass is 79.9. The molecule has 0 radical (unpaired) electrons. The van der Waals surface area contributed by atoms with Crippen LogP contribution in [0.25, 0.3) is 0 Å². The fraction of sp³-hybridized carbons (Fsp3) is 0.375. The third-order valence-electron chi connectivity index (χ3n) is 3.02. The molecule has 0 spiro atoms. The number of hydrogen-bond acceptors (Lipinski definition) is 4. The van der Waals surface area contributed by atoms with E-state index in [-0.39, 0.29) is 0 Å². The topological polar surface area (TPSA) is 47.0 Å². The lowest BCUT2D eigenvalue weighted by atomic mass is 10.2. The van der Waals surface area contributed by atoms with Crippen LogP contribution in [0.4, 0.5) is 0 Å². The molecule has 0 fully saturated rings. The smallest absolute Gasteiger partial charge is 0.160 e. The molecule has 1 heterocycles. The van der Waals surface area contributed by atoms with Gasteiger partial charge in [-0.15, -0.1) is 0 Å². The Kier molecular flexibility index (Phi) is 5.70. The number of nitrogens with one attached hydrogen (secondary N) is 1. The molecule has 1 aromatic carbocycles. The first-order valence-electron chi connectivity index (χ1n) is 6.97. The molecule has 1 N–H and O–H groups in total. The summed E-state index contributed by atoms with van der Waals surface area (Å²) in [5.41, 5.74) is 2.01. The largest absolute Gasteiger partial charge is 0.485 e. The lowest BCUT2D eigenvalue weighted by Crippen LogP contribution is -2.12. The van der Waals surface area contributed by atoms with Crippen molar-refractivity contribution in [2.24, 2.45) is 0 Å². The van der Waals surface area contributed by atoms with Gasteiger partial charge in [0.15, 0.2) is 5.75 Å². The second-order valence-corrected chi connectivity index (χ2v) is 6.05. The van der Waals surface area contributed by atoms with Crippen molar-refractivity contribution in [1.29, 1.82) is 0 Å². The van der Waals surface area contributed by atoms with Crippen molar-refractivity contribution in [3.63, 3.8) is 0 Å². The SMILES string of the molecule is CNCc1nc(C(C)C)ncc1OCc1ccc(Br)cc1. The summed E-state index contributed by atoms with van der Waals surface area (Å²) in [5.74, 6) is 1.88. The lowest BCUT2D eigenvalue weighted by molar-refractivity contribution is 0.298. The van der Waals surface area contributed by atoms with Crippen molar-refractivity contribution < 1.29 is 4.74 Å². The van der Waals surface area contributed by atoms with Gasteiger partial charge in [0.1, 0.15) is 12.4 Å². The minimum absolute atomic E-state index is 0.307. The third-order valence-corrected chi connectivity index (χ3v) is 3.54. The minimum atomic E-state index is 0.307. The summed E-state index contributed by atoms with van der Waals surface area (Å²) < 4.78 is 6.93. The molecule has 4 nitrogen and oxygen atoms in total. The fourth-order valence-corrected chi connectivity index (χ4v) is 2.12. The van der Waals surface area contributed by atoms with Crippen molar-refractivity contribution in [3.05, 3.63) is 52.0 Å². The van der Waals surface area contributed by atoms with Crippen LogP contribution in [0.15, 0.2) is 34.9 Å². The summed E-state index contributed by atoms with van der Waals surface area (Å²) in [6.45, 7) is 5.34. The quantitative estimate of drug-likeness (QED) is 0.864. The second kappa shape index (κ2) is 7.52. The van der Waals surface area contributed by atoms with Gasteiger partial charge in [0, 0.05) is 16.9 Å². The van der Waals surface area contributed by atoms with Crippen LogP contribution in [-0.4, -0.2) is 17.0 Å². The molecule has 1 aromatic heterocycles. The van der Waals surface area contributed by atoms with Crippen LogP contribution >= 0.6 is 15.9 Å². The summed E-state index contributed by atoms with van der Waals surface area (Å²) in [7, 11) is 1.90. The van der Waals surface area contributed by atoms with Crippen LogP contribution in [0.5, 0.6) is 5.75 Å². The third kappa shape index (κ3) is 4.51. The van der Waals surface area contributed by atoms with Gasteiger partial charge >= 0.3 is 0 Å². The van der Waals surface area contributed by atoms with E-state index in [1.54, 1.807) is 6.20 Å². The molecule has 2 rings (SSSR count). The van der Waals surface area contributed by atoms with Crippen LogP contribution in [0, 0.1) is 0 Å². The standard InChI is InChI=1S/C16H20BrN3O/c1-11(2)16-19-9-15(14(20-16)8-18-3)21-10-12-4-6-13(17)7-5-12/h4-7,9,11,18H,8,10H2,1-3H3. The predicted molar refractivity (Wildman–Crippen MR) is 87.4 cm³/mol. The van der Waals surface area contributed by atoms with E-state index in [4.69, 9.17) is 4.74 Å². The Labute approximate surface area is 134 Å². The molecular weight excluding hydrogens is 330 g/mol. The molecule has 0 saturated carbocycles. The van der Waals surface area contributed by atoms with E-state index >= 15 is 0 Å². The Bertz CT molecular complexity index is 585. The number of aromatic nitrogens is 2. The predicted octanol–water partition coefficient (Wildman–Crippen LogP) is 3.66. The number of nitrogens with zero attached hydrogens (tertiary/aromatic N) is 2. The maximum Gasteiger partial charge on any atom is 0.160 e. The number of benzene rings is 1. The molecule has 0 aliphatic rings. The van der Waals surface area contributed by atoms with Crippen molar-refractivity contribution in [2.45, 2.75) is 32.9 Å². The molecule has 0 saturated heterocycles. The molecule has 0 atom stereocenters. The molecule has 2 aromatic rings. The summed E-state index contributed by atoms with van der Waals surface area (Å²) in [6, 6.07) is 8.08. The molecule has 0 unspecified atom stereocenters. The minimum Gasteiger partial charge on any atom is -0.485 e. The van der Waals surface area contributed by atoms with E-state index in [0.717, 1.165) is 27.3 Å². The highest BCUT2D eigenvalue weighted by molar-refractivity contribution is 9.10. The fourth-order valence-electron chi connectivity index (χ4n) is 1.86. The zero-order chi connectivity index (χ0) is 15.2. The highest BCUT2D eigenvalue weighted by Gasteiger charge is 2.10. The van der Waals surface area contributed by atoms with Crippen molar-refractivity contribution in [1.82, 2.24) is 15.3 Å². The number of rotatable bonds is 6. The Morgan fingerprint density at radius 3 is 2.57 bits per heavy atom. The van der Waals surface area contributed by atoms with Gasteiger partial charge in [-0.1, -0.05) is 41.9 Å². The van der Waals surface area contributed by atoms with Crippen LogP contribution in [0.3, 0.4) is 0 Å². The molecule has 112 valence electrons. The molecular formula is C16H20BrN3O. The van der Waals surface area contributed by atoms with E-state index in [1.807, 2.05) is 31.3 Å². The summed E-state index contributed by atoms with van der Waals surface area (Å²) in [4.78, 5) is 8.96. The van der Waals surface area contributed by atoms with Gasteiger partial charge in [-0.25, -0.2) is 9.97 Å². The number of hydrogen-bond donors (Lipinski definition) is 1. The van der Waals surface area contributed by atoms with Gasteiger partial charge in [0.05, 0.1) is 11.9 Å². The van der Waals surface area contributed by atoms with Crippen molar-refractivity contribution >= 4 is 15.9 Å². The summed E-state index contributed by atoms with van der Waals surface area (Å²) in [5, 5.41) is 3.12. The van der Waals surface area contributed by atoms with Gasteiger partial charge in [-0.3, -0.25) is 0 Å². The van der Waals surface area contributed by atoms with Crippen LogP contribution in [0.2, 0.25) is 0 Å². The van der Waals surface area contributed by atoms with E-state index < -0.39 is 0 Å². The van der Waals surface area contributed by atoms with Crippen LogP contribution < -0.4 is 10.1 Å². The Hall–Kier alpha value is -1.46. The average molecular weight is 350 g/mol. The van der Waals surface area contributed by atoms with Gasteiger partial charge in [-0.2, -0.15) is 0 Å². The monoisotopic (exact) mass is 349 g/mol. The van der Waals surface area contributed by atoms with Crippen LogP contribution in [0.1, 0.15) is 36.8 Å². The summed E-state index contributed by atoms with van der Waals surface area (Å²) >= 11 is 3.43. The van der Waals surface area contributed by atoms with E-state index in [0.29, 0.717) is 19.1 Å². The van der Waals surface area contributed by atoms with Crippen LogP contribution in [-0.2, 0) is 13.2 Å². The zero-order valence-electron chi connectivity index (χ0n) is 12.6. The van der Waals surface area contributed by atoms with Gasteiger partial charge in [0.25, 0.3) is 0 Å². The molecule has 0 aliphatic carbocycles. The Balaban J connectivity index is 2.12. The molecule has 0 aliphatic heterocycles.